The molecule has 0 atom stereocenters. The average molecular weight is 242 g/mol. The van der Waals surface area contributed by atoms with Crippen molar-refractivity contribution in [2.24, 2.45) is 5.73 Å². The first-order valence-electron chi connectivity index (χ1n) is 5.58. The van der Waals surface area contributed by atoms with Gasteiger partial charge in [-0.2, -0.15) is 0 Å². The third-order valence-electron chi connectivity index (χ3n) is 2.53. The standard InChI is InChI=1S/C14H14N2O2/c1-18-14-8-6-11-9-10(3-2-4-13(15)17)5-7-12(11)16-14/h2-3,5-9H,4H2,1H3,(H2,15,17). The van der Waals surface area contributed by atoms with E-state index in [1.165, 1.54) is 0 Å². The summed E-state index contributed by atoms with van der Waals surface area (Å²) < 4.78 is 5.07. The number of carbonyl (C=O) groups is 1. The number of carbonyl (C=O) groups excluding carboxylic acids is 1. The van der Waals surface area contributed by atoms with E-state index >= 15 is 0 Å². The summed E-state index contributed by atoms with van der Waals surface area (Å²) in [6.45, 7) is 0. The highest BCUT2D eigenvalue weighted by Gasteiger charge is 1.98. The van der Waals surface area contributed by atoms with Crippen LogP contribution in [0.15, 0.2) is 36.4 Å². The topological polar surface area (TPSA) is 65.2 Å². The van der Waals surface area contributed by atoms with Crippen LogP contribution in [0.4, 0.5) is 0 Å². The van der Waals surface area contributed by atoms with Gasteiger partial charge in [0.2, 0.25) is 11.8 Å². The van der Waals surface area contributed by atoms with Crippen LogP contribution >= 0.6 is 0 Å². The third-order valence-corrected chi connectivity index (χ3v) is 2.53. The molecule has 2 N–H and O–H groups in total. The summed E-state index contributed by atoms with van der Waals surface area (Å²) in [5.74, 6) is 0.262. The lowest BCUT2D eigenvalue weighted by atomic mass is 10.1. The Balaban J connectivity index is 2.27. The molecule has 4 nitrogen and oxygen atoms in total. The summed E-state index contributed by atoms with van der Waals surface area (Å²) in [5.41, 5.74) is 6.95. The molecule has 0 unspecified atom stereocenters. The highest BCUT2D eigenvalue weighted by Crippen LogP contribution is 2.18. The Bertz CT molecular complexity index is 606. The number of benzene rings is 1. The summed E-state index contributed by atoms with van der Waals surface area (Å²) in [4.78, 5) is 14.9. The van der Waals surface area contributed by atoms with E-state index in [9.17, 15) is 4.79 Å². The van der Waals surface area contributed by atoms with Gasteiger partial charge in [0.15, 0.2) is 0 Å². The summed E-state index contributed by atoms with van der Waals surface area (Å²) >= 11 is 0. The van der Waals surface area contributed by atoms with Gasteiger partial charge in [0.25, 0.3) is 0 Å². The Morgan fingerprint density at radius 1 is 1.39 bits per heavy atom. The van der Waals surface area contributed by atoms with Crippen LogP contribution in [0.2, 0.25) is 0 Å². The molecule has 2 rings (SSSR count). The third kappa shape index (κ3) is 2.85. The van der Waals surface area contributed by atoms with E-state index in [2.05, 4.69) is 4.98 Å². The summed E-state index contributed by atoms with van der Waals surface area (Å²) in [6, 6.07) is 9.62. The summed E-state index contributed by atoms with van der Waals surface area (Å²) in [7, 11) is 1.59. The van der Waals surface area contributed by atoms with Gasteiger partial charge in [0.1, 0.15) is 0 Å². The number of pyridine rings is 1. The fourth-order valence-corrected chi connectivity index (χ4v) is 1.65. The molecule has 0 radical (unpaired) electrons. The number of rotatable bonds is 4. The molecule has 0 bridgehead atoms. The van der Waals surface area contributed by atoms with Crippen LogP contribution < -0.4 is 10.5 Å². The van der Waals surface area contributed by atoms with E-state index in [0.717, 1.165) is 16.5 Å². The average Bonchev–Trinajstić information content (AvgIpc) is 2.37. The van der Waals surface area contributed by atoms with Crippen molar-refractivity contribution >= 4 is 22.9 Å². The van der Waals surface area contributed by atoms with Gasteiger partial charge in [-0.05, 0) is 23.8 Å². The van der Waals surface area contributed by atoms with E-state index in [1.54, 1.807) is 13.2 Å². The second kappa shape index (κ2) is 5.31. The molecule has 2 aromatic rings. The van der Waals surface area contributed by atoms with Crippen LogP contribution in [0.5, 0.6) is 5.88 Å². The van der Waals surface area contributed by atoms with Crippen molar-refractivity contribution in [3.05, 3.63) is 42.0 Å². The molecule has 4 heteroatoms. The van der Waals surface area contributed by atoms with Crippen molar-refractivity contribution in [2.45, 2.75) is 6.42 Å². The van der Waals surface area contributed by atoms with Crippen LogP contribution in [-0.2, 0) is 4.79 Å². The van der Waals surface area contributed by atoms with Gasteiger partial charge in [-0.1, -0.05) is 18.2 Å². The number of ether oxygens (including phenoxy) is 1. The predicted molar refractivity (Wildman–Crippen MR) is 71.1 cm³/mol. The molecular formula is C14H14N2O2. The molecule has 0 saturated heterocycles. The molecule has 1 heterocycles. The highest BCUT2D eigenvalue weighted by molar-refractivity contribution is 5.82. The molecule has 1 aromatic carbocycles. The lowest BCUT2D eigenvalue weighted by Crippen LogP contribution is -2.07. The normalized spacial score (nSPS) is 10.9. The predicted octanol–water partition coefficient (Wildman–Crippen LogP) is 2.13. The van der Waals surface area contributed by atoms with Gasteiger partial charge in [0.05, 0.1) is 12.6 Å². The SMILES string of the molecule is COc1ccc2cc(C=CCC(N)=O)ccc2n1. The maximum Gasteiger partial charge on any atom is 0.221 e. The molecule has 1 amide bonds. The second-order valence-electron chi connectivity index (χ2n) is 3.88. The fourth-order valence-electron chi connectivity index (χ4n) is 1.65. The number of methoxy groups -OCH3 is 1. The van der Waals surface area contributed by atoms with Gasteiger partial charge in [-0.25, -0.2) is 4.98 Å². The monoisotopic (exact) mass is 242 g/mol. The Hall–Kier alpha value is -2.36. The maximum atomic E-state index is 10.6. The van der Waals surface area contributed by atoms with E-state index in [-0.39, 0.29) is 12.3 Å². The Morgan fingerprint density at radius 3 is 2.94 bits per heavy atom. The number of nitrogens with two attached hydrogens (primary N) is 1. The number of amides is 1. The van der Waals surface area contributed by atoms with E-state index in [0.29, 0.717) is 5.88 Å². The minimum absolute atomic E-state index is 0.249. The zero-order chi connectivity index (χ0) is 13.0. The minimum atomic E-state index is -0.335. The molecule has 1 aromatic heterocycles. The van der Waals surface area contributed by atoms with Crippen LogP contribution in [0.25, 0.3) is 17.0 Å². The Labute approximate surface area is 105 Å². The van der Waals surface area contributed by atoms with Crippen LogP contribution in [-0.4, -0.2) is 18.0 Å². The molecule has 92 valence electrons. The van der Waals surface area contributed by atoms with Crippen molar-refractivity contribution in [3.63, 3.8) is 0 Å². The van der Waals surface area contributed by atoms with Gasteiger partial charge >= 0.3 is 0 Å². The van der Waals surface area contributed by atoms with E-state index in [1.807, 2.05) is 36.4 Å². The molecule has 0 saturated carbocycles. The highest BCUT2D eigenvalue weighted by atomic mass is 16.5. The molecule has 0 fully saturated rings. The second-order valence-corrected chi connectivity index (χ2v) is 3.88. The van der Waals surface area contributed by atoms with E-state index < -0.39 is 0 Å². The molecule has 0 aliphatic heterocycles. The fraction of sp³-hybridized carbons (Fsp3) is 0.143. The van der Waals surface area contributed by atoms with Crippen LogP contribution in [0, 0.1) is 0 Å². The largest absolute Gasteiger partial charge is 0.481 e. The molecule has 0 spiro atoms. The quantitative estimate of drug-likeness (QED) is 0.893. The van der Waals surface area contributed by atoms with Gasteiger partial charge < -0.3 is 10.5 Å². The van der Waals surface area contributed by atoms with Gasteiger partial charge in [-0.15, -0.1) is 0 Å². The van der Waals surface area contributed by atoms with Crippen molar-refractivity contribution in [3.8, 4) is 5.88 Å². The minimum Gasteiger partial charge on any atom is -0.481 e. The first-order chi connectivity index (χ1) is 8.69. The molecule has 0 aliphatic carbocycles. The Kier molecular flexibility index (Phi) is 3.57. The number of primary amides is 1. The lowest BCUT2D eigenvalue weighted by Gasteiger charge is -2.02. The van der Waals surface area contributed by atoms with Crippen molar-refractivity contribution < 1.29 is 9.53 Å². The zero-order valence-corrected chi connectivity index (χ0v) is 10.1. The number of nitrogens with zero attached hydrogens (tertiary/aromatic N) is 1. The van der Waals surface area contributed by atoms with Gasteiger partial charge in [-0.3, -0.25) is 4.79 Å². The van der Waals surface area contributed by atoms with Crippen LogP contribution in [0.1, 0.15) is 12.0 Å². The van der Waals surface area contributed by atoms with Crippen LogP contribution in [0.3, 0.4) is 0 Å². The molecular weight excluding hydrogens is 228 g/mol. The first-order valence-corrected chi connectivity index (χ1v) is 5.58. The number of hydrogen-bond acceptors (Lipinski definition) is 3. The number of aromatic nitrogens is 1. The van der Waals surface area contributed by atoms with Crippen molar-refractivity contribution in [1.82, 2.24) is 4.98 Å². The first kappa shape index (κ1) is 12.1. The number of hydrogen-bond donors (Lipinski definition) is 1. The lowest BCUT2D eigenvalue weighted by molar-refractivity contribution is -0.117. The van der Waals surface area contributed by atoms with E-state index in [4.69, 9.17) is 10.5 Å². The molecule has 0 aliphatic rings. The van der Waals surface area contributed by atoms with Gasteiger partial charge in [0, 0.05) is 17.9 Å². The molecule has 18 heavy (non-hydrogen) atoms. The Morgan fingerprint density at radius 2 is 2.22 bits per heavy atom. The summed E-state index contributed by atoms with van der Waals surface area (Å²) in [6.07, 6.45) is 3.87. The number of fused-ring (bicyclic) bond motifs is 1. The smallest absolute Gasteiger partial charge is 0.221 e. The summed E-state index contributed by atoms with van der Waals surface area (Å²) in [5, 5.41) is 1.03. The van der Waals surface area contributed by atoms with Crippen molar-refractivity contribution in [1.29, 1.82) is 0 Å². The maximum absolute atomic E-state index is 10.6. The zero-order valence-electron chi connectivity index (χ0n) is 10.1. The van der Waals surface area contributed by atoms with Crippen molar-refractivity contribution in [2.75, 3.05) is 7.11 Å².